The first kappa shape index (κ1) is 20.7. The third-order valence-corrected chi connectivity index (χ3v) is 5.39. The number of nitrogens with two attached hydrogens (primary N) is 1. The molecule has 7 nitrogen and oxygen atoms in total. The van der Waals surface area contributed by atoms with E-state index in [1.54, 1.807) is 16.6 Å². The van der Waals surface area contributed by atoms with E-state index in [0.29, 0.717) is 16.7 Å². The number of para-hydroxylation sites is 1. The van der Waals surface area contributed by atoms with E-state index in [1.165, 1.54) is 11.8 Å². The Morgan fingerprint density at radius 1 is 1.14 bits per heavy atom. The van der Waals surface area contributed by atoms with E-state index in [0.717, 1.165) is 17.1 Å². The molecule has 1 amide bonds. The van der Waals surface area contributed by atoms with Gasteiger partial charge in [0.25, 0.3) is 5.91 Å². The zero-order valence-corrected chi connectivity index (χ0v) is 17.6. The summed E-state index contributed by atoms with van der Waals surface area (Å²) < 4.78 is 7.18. The lowest BCUT2D eigenvalue weighted by atomic mass is 10.2. The highest BCUT2D eigenvalue weighted by Gasteiger charge is 2.13. The van der Waals surface area contributed by atoms with E-state index in [4.69, 9.17) is 10.6 Å². The molecule has 152 valence electrons. The van der Waals surface area contributed by atoms with Crippen LogP contribution in [0.15, 0.2) is 59.8 Å². The summed E-state index contributed by atoms with van der Waals surface area (Å²) in [6.07, 6.45) is 0. The van der Waals surface area contributed by atoms with Gasteiger partial charge in [0.15, 0.2) is 12.4 Å². The second-order valence-corrected chi connectivity index (χ2v) is 7.82. The van der Waals surface area contributed by atoms with Gasteiger partial charge in [0.1, 0.15) is 5.75 Å². The Morgan fingerprint density at radius 2 is 1.83 bits per heavy atom. The van der Waals surface area contributed by atoms with Crippen LogP contribution in [0.25, 0.3) is 0 Å². The number of carbonyl (C=O) groups excluding carboxylic acids is 1. The van der Waals surface area contributed by atoms with E-state index in [1.807, 2.05) is 68.4 Å². The second kappa shape index (κ2) is 9.47. The maximum absolute atomic E-state index is 12.3. The number of nitrogen functional groups attached to an aromatic ring is 1. The quantitative estimate of drug-likeness (QED) is 0.451. The summed E-state index contributed by atoms with van der Waals surface area (Å²) in [5.74, 6) is 8.28. The topological polar surface area (TPSA) is 86.3 Å². The molecule has 0 unspecified atom stereocenters. The molecular weight excluding hydrogens is 386 g/mol. The summed E-state index contributed by atoms with van der Waals surface area (Å²) in [6, 6.07) is 17.1. The van der Waals surface area contributed by atoms with Crippen molar-refractivity contribution in [2.45, 2.75) is 30.7 Å². The Kier molecular flexibility index (Phi) is 6.77. The molecule has 0 atom stereocenters. The third-order valence-electron chi connectivity index (χ3n) is 4.38. The van der Waals surface area contributed by atoms with Crippen LogP contribution >= 0.6 is 11.8 Å². The normalized spacial score (nSPS) is 10.9. The molecule has 0 radical (unpaired) electrons. The number of rotatable bonds is 8. The number of benzene rings is 2. The summed E-state index contributed by atoms with van der Waals surface area (Å²) in [5, 5.41) is 8.96. The number of ether oxygens (including phenoxy) is 1. The summed E-state index contributed by atoms with van der Waals surface area (Å²) >= 11 is 1.53. The molecule has 2 N–H and O–H groups in total. The highest BCUT2D eigenvalue weighted by Crippen LogP contribution is 2.24. The van der Waals surface area contributed by atoms with Crippen molar-refractivity contribution in [3.05, 3.63) is 66.0 Å². The van der Waals surface area contributed by atoms with Gasteiger partial charge < -0.3 is 15.5 Å². The molecule has 29 heavy (non-hydrogen) atoms. The van der Waals surface area contributed by atoms with Gasteiger partial charge in [0.2, 0.25) is 5.16 Å². The maximum Gasteiger partial charge on any atom is 0.264 e. The van der Waals surface area contributed by atoms with Crippen molar-refractivity contribution in [2.24, 2.45) is 0 Å². The predicted octanol–water partition coefficient (Wildman–Crippen LogP) is 3.45. The molecule has 0 fully saturated rings. The Balaban J connectivity index is 1.50. The third kappa shape index (κ3) is 5.29. The van der Waals surface area contributed by atoms with Crippen molar-refractivity contribution in [3.8, 4) is 5.75 Å². The minimum absolute atomic E-state index is 0.0201. The van der Waals surface area contributed by atoms with Crippen molar-refractivity contribution in [1.82, 2.24) is 14.9 Å². The van der Waals surface area contributed by atoms with Crippen molar-refractivity contribution in [2.75, 3.05) is 24.4 Å². The van der Waals surface area contributed by atoms with Gasteiger partial charge in [-0.05, 0) is 29.8 Å². The van der Waals surface area contributed by atoms with Crippen LogP contribution in [0.3, 0.4) is 0 Å². The van der Waals surface area contributed by atoms with E-state index in [-0.39, 0.29) is 18.4 Å². The Labute approximate surface area is 174 Å². The van der Waals surface area contributed by atoms with Gasteiger partial charge in [0.05, 0.1) is 0 Å². The van der Waals surface area contributed by atoms with E-state index >= 15 is 0 Å². The smallest absolute Gasteiger partial charge is 0.264 e. The van der Waals surface area contributed by atoms with Crippen molar-refractivity contribution >= 4 is 23.4 Å². The average molecular weight is 412 g/mol. The van der Waals surface area contributed by atoms with Crippen LogP contribution in [0.5, 0.6) is 5.75 Å². The number of likely N-dealkylation sites (N-methyl/N-ethyl adjacent to an activating group) is 1. The van der Waals surface area contributed by atoms with Crippen molar-refractivity contribution in [1.29, 1.82) is 0 Å². The van der Waals surface area contributed by atoms with Gasteiger partial charge >= 0.3 is 0 Å². The van der Waals surface area contributed by atoms with Crippen LogP contribution in [0, 0.1) is 0 Å². The number of nitrogens with zero attached hydrogens (tertiary/aromatic N) is 4. The minimum atomic E-state index is -0.112. The van der Waals surface area contributed by atoms with E-state index in [9.17, 15) is 4.79 Å². The van der Waals surface area contributed by atoms with Crippen LogP contribution in [0.2, 0.25) is 0 Å². The van der Waals surface area contributed by atoms with Crippen LogP contribution in [0.1, 0.15) is 31.2 Å². The largest absolute Gasteiger partial charge is 0.484 e. The molecule has 0 aliphatic heterocycles. The van der Waals surface area contributed by atoms with Crippen LogP contribution in [0.4, 0.5) is 5.69 Å². The molecule has 1 heterocycles. The van der Waals surface area contributed by atoms with Crippen LogP contribution in [-0.2, 0) is 10.5 Å². The lowest BCUT2D eigenvalue weighted by molar-refractivity contribution is -0.120. The minimum Gasteiger partial charge on any atom is -0.484 e. The highest BCUT2D eigenvalue weighted by atomic mass is 32.2. The fourth-order valence-corrected chi connectivity index (χ4v) is 3.47. The average Bonchev–Trinajstić information content (AvgIpc) is 3.12. The fraction of sp³-hybridized carbons (Fsp3) is 0.286. The summed E-state index contributed by atoms with van der Waals surface area (Å²) in [4.78, 5) is 13.9. The van der Waals surface area contributed by atoms with Crippen molar-refractivity contribution in [3.63, 3.8) is 0 Å². The lowest BCUT2D eigenvalue weighted by Crippen LogP contribution is -2.31. The number of aromatic nitrogens is 3. The van der Waals surface area contributed by atoms with Gasteiger partial charge in [-0.1, -0.05) is 55.9 Å². The van der Waals surface area contributed by atoms with Gasteiger partial charge in [-0.25, -0.2) is 4.68 Å². The van der Waals surface area contributed by atoms with Gasteiger partial charge in [-0.2, -0.15) is 0 Å². The van der Waals surface area contributed by atoms with Crippen LogP contribution < -0.4 is 15.5 Å². The van der Waals surface area contributed by atoms with Gasteiger partial charge in [-0.3, -0.25) is 4.79 Å². The number of carbonyl (C=O) groups is 1. The number of hydrogen-bond acceptors (Lipinski definition) is 6. The molecule has 0 aliphatic rings. The summed E-state index contributed by atoms with van der Waals surface area (Å²) in [6.45, 7) is 4.04. The molecule has 0 saturated carbocycles. The number of hydrogen-bond donors (Lipinski definition) is 1. The zero-order valence-electron chi connectivity index (χ0n) is 16.8. The van der Waals surface area contributed by atoms with E-state index < -0.39 is 0 Å². The Bertz CT molecular complexity index is 941. The molecule has 0 spiro atoms. The highest BCUT2D eigenvalue weighted by molar-refractivity contribution is 7.98. The molecule has 8 heteroatoms. The molecule has 3 rings (SSSR count). The first-order valence-electron chi connectivity index (χ1n) is 9.32. The maximum atomic E-state index is 12.3. The lowest BCUT2D eigenvalue weighted by Gasteiger charge is -2.17. The fourth-order valence-electron chi connectivity index (χ4n) is 2.65. The SMILES string of the molecule is CC(C)c1nnc(SCc2ccc(OCC(=O)N(C)c3ccccc3)cc2)n1N. The summed E-state index contributed by atoms with van der Waals surface area (Å²) in [5.41, 5.74) is 1.94. The first-order chi connectivity index (χ1) is 14.0. The Morgan fingerprint density at radius 3 is 2.45 bits per heavy atom. The molecule has 0 saturated heterocycles. The number of anilines is 1. The van der Waals surface area contributed by atoms with E-state index in [2.05, 4.69) is 10.2 Å². The molecule has 0 bridgehead atoms. The Hall–Kier alpha value is -3.00. The van der Waals surface area contributed by atoms with Crippen molar-refractivity contribution < 1.29 is 9.53 Å². The molecule has 2 aromatic carbocycles. The number of thioether (sulfide) groups is 1. The summed E-state index contributed by atoms with van der Waals surface area (Å²) in [7, 11) is 1.74. The van der Waals surface area contributed by atoms with Crippen LogP contribution in [-0.4, -0.2) is 34.4 Å². The predicted molar refractivity (Wildman–Crippen MR) is 116 cm³/mol. The molecule has 1 aromatic heterocycles. The standard InChI is InChI=1S/C21H25N5O2S/c1-15(2)20-23-24-21(26(20)22)29-14-16-9-11-18(12-10-16)28-13-19(27)25(3)17-7-5-4-6-8-17/h4-12,15H,13-14,22H2,1-3H3. The second-order valence-electron chi connectivity index (χ2n) is 6.88. The van der Waals surface area contributed by atoms with Gasteiger partial charge in [0, 0.05) is 24.4 Å². The molecular formula is C21H25N5O2S. The first-order valence-corrected chi connectivity index (χ1v) is 10.3. The monoisotopic (exact) mass is 411 g/mol. The zero-order chi connectivity index (χ0) is 20.8. The molecule has 3 aromatic rings. The molecule has 0 aliphatic carbocycles. The van der Waals surface area contributed by atoms with Gasteiger partial charge in [-0.15, -0.1) is 10.2 Å². The number of amides is 1.